The van der Waals surface area contributed by atoms with E-state index in [1.807, 2.05) is 18.2 Å². The van der Waals surface area contributed by atoms with E-state index in [0.717, 1.165) is 11.1 Å². The third-order valence-corrected chi connectivity index (χ3v) is 5.54. The number of nitrogens with one attached hydrogen (secondary N) is 1. The Kier molecular flexibility index (Phi) is 6.97. The van der Waals surface area contributed by atoms with Crippen molar-refractivity contribution in [3.8, 4) is 0 Å². The Morgan fingerprint density at radius 3 is 2.38 bits per heavy atom. The van der Waals surface area contributed by atoms with Gasteiger partial charge in [-0.05, 0) is 43.7 Å². The molecule has 156 valence electrons. The number of hydrogen-bond donors (Lipinski definition) is 2. The largest absolute Gasteiger partial charge is 0.394 e. The number of ether oxygens (including phenoxy) is 1. The summed E-state index contributed by atoms with van der Waals surface area (Å²) in [6.07, 6.45) is -0.563. The van der Waals surface area contributed by atoms with E-state index >= 15 is 0 Å². The van der Waals surface area contributed by atoms with Gasteiger partial charge in [-0.2, -0.15) is 0 Å². The van der Waals surface area contributed by atoms with Crippen LogP contribution in [-0.4, -0.2) is 47.4 Å². The van der Waals surface area contributed by atoms with Crippen LogP contribution in [0, 0.1) is 0 Å². The van der Waals surface area contributed by atoms with Crippen molar-refractivity contribution in [2.75, 3.05) is 19.7 Å². The molecule has 1 heterocycles. The van der Waals surface area contributed by atoms with Crippen LogP contribution < -0.4 is 5.32 Å². The average molecular weight is 458 g/mol. The first kappa shape index (κ1) is 22.2. The molecule has 0 spiro atoms. The summed E-state index contributed by atoms with van der Waals surface area (Å²) >= 11 is 18.5. The second-order valence-corrected chi connectivity index (χ2v) is 9.01. The Morgan fingerprint density at radius 1 is 1.17 bits per heavy atom. The fraction of sp³-hybridized carbons (Fsp3) is 0.381. The predicted molar refractivity (Wildman–Crippen MR) is 116 cm³/mol. The number of benzene rings is 2. The van der Waals surface area contributed by atoms with E-state index in [4.69, 9.17) is 39.5 Å². The molecular weight excluding hydrogens is 435 g/mol. The summed E-state index contributed by atoms with van der Waals surface area (Å²) in [6.45, 7) is 4.28. The van der Waals surface area contributed by atoms with Crippen molar-refractivity contribution in [1.82, 2.24) is 10.2 Å². The lowest BCUT2D eigenvalue weighted by atomic mass is 10.0. The van der Waals surface area contributed by atoms with Crippen molar-refractivity contribution >= 4 is 40.8 Å². The van der Waals surface area contributed by atoms with Gasteiger partial charge >= 0.3 is 6.03 Å². The van der Waals surface area contributed by atoms with Gasteiger partial charge in [0.2, 0.25) is 0 Å². The summed E-state index contributed by atoms with van der Waals surface area (Å²) < 4.78 is 6.31. The number of carbonyl (C=O) groups is 1. The van der Waals surface area contributed by atoms with Crippen LogP contribution >= 0.6 is 34.8 Å². The molecule has 1 aliphatic rings. The van der Waals surface area contributed by atoms with E-state index in [0.29, 0.717) is 28.2 Å². The Hall–Kier alpha value is -1.50. The molecule has 2 aromatic carbocycles. The van der Waals surface area contributed by atoms with Crippen molar-refractivity contribution in [3.63, 3.8) is 0 Å². The average Bonchev–Trinajstić information content (AvgIpc) is 2.62. The molecule has 0 radical (unpaired) electrons. The first-order valence-corrected chi connectivity index (χ1v) is 10.4. The molecule has 2 amide bonds. The highest BCUT2D eigenvalue weighted by Crippen LogP contribution is 2.35. The summed E-state index contributed by atoms with van der Waals surface area (Å²) in [5, 5.41) is 13.8. The first-order chi connectivity index (χ1) is 13.7. The zero-order valence-electron chi connectivity index (χ0n) is 16.2. The van der Waals surface area contributed by atoms with Gasteiger partial charge in [0.15, 0.2) is 0 Å². The molecule has 0 aromatic heterocycles. The lowest BCUT2D eigenvalue weighted by molar-refractivity contribution is -0.0654. The van der Waals surface area contributed by atoms with Gasteiger partial charge in [-0.15, -0.1) is 0 Å². The van der Waals surface area contributed by atoms with E-state index in [-0.39, 0.29) is 18.7 Å². The zero-order valence-corrected chi connectivity index (χ0v) is 18.4. The van der Waals surface area contributed by atoms with Crippen LogP contribution in [0.2, 0.25) is 15.1 Å². The molecule has 1 unspecified atom stereocenters. The van der Waals surface area contributed by atoms with Gasteiger partial charge < -0.3 is 20.1 Å². The number of nitrogens with zero attached hydrogens (tertiary/aromatic N) is 1. The maximum Gasteiger partial charge on any atom is 0.318 e. The summed E-state index contributed by atoms with van der Waals surface area (Å²) in [6, 6.07) is 12.5. The second kappa shape index (κ2) is 9.11. The van der Waals surface area contributed by atoms with Gasteiger partial charge in [-0.1, -0.05) is 53.0 Å². The van der Waals surface area contributed by atoms with Gasteiger partial charge in [0.1, 0.15) is 6.10 Å². The quantitative estimate of drug-likeness (QED) is 0.647. The van der Waals surface area contributed by atoms with E-state index < -0.39 is 11.6 Å². The molecule has 2 N–H and O–H groups in total. The maximum atomic E-state index is 12.3. The summed E-state index contributed by atoms with van der Waals surface area (Å²) in [7, 11) is 0. The minimum atomic E-state index is -0.675. The third-order valence-electron chi connectivity index (χ3n) is 4.72. The van der Waals surface area contributed by atoms with Gasteiger partial charge in [0, 0.05) is 20.6 Å². The minimum absolute atomic E-state index is 0.139. The molecule has 3 rings (SSSR count). The van der Waals surface area contributed by atoms with Crippen molar-refractivity contribution in [2.24, 2.45) is 0 Å². The predicted octanol–water partition coefficient (Wildman–Crippen LogP) is 4.92. The summed E-state index contributed by atoms with van der Waals surface area (Å²) in [4.78, 5) is 13.9. The Balaban J connectivity index is 1.72. The molecule has 0 saturated carbocycles. The SMILES string of the molecule is CC(C)(CO)NC(=O)N1CC(OC(c2ccc(Cl)cc2)c2ccc(Cl)cc2Cl)C1. The van der Waals surface area contributed by atoms with Gasteiger partial charge in [-0.25, -0.2) is 4.79 Å². The molecule has 1 aliphatic heterocycles. The van der Waals surface area contributed by atoms with Crippen molar-refractivity contribution < 1.29 is 14.6 Å². The number of urea groups is 1. The zero-order chi connectivity index (χ0) is 21.2. The fourth-order valence-corrected chi connectivity index (χ4v) is 3.61. The molecule has 0 aliphatic carbocycles. The highest BCUT2D eigenvalue weighted by atomic mass is 35.5. The molecule has 5 nitrogen and oxygen atoms in total. The maximum absolute atomic E-state index is 12.3. The van der Waals surface area contributed by atoms with E-state index in [1.165, 1.54) is 0 Å². The molecule has 1 atom stereocenters. The van der Waals surface area contributed by atoms with Crippen molar-refractivity contribution in [3.05, 3.63) is 68.7 Å². The molecule has 1 saturated heterocycles. The van der Waals surface area contributed by atoms with Crippen LogP contribution in [0.25, 0.3) is 0 Å². The first-order valence-electron chi connectivity index (χ1n) is 9.22. The second-order valence-electron chi connectivity index (χ2n) is 7.73. The van der Waals surface area contributed by atoms with Crippen LogP contribution in [0.3, 0.4) is 0 Å². The van der Waals surface area contributed by atoms with E-state index in [9.17, 15) is 9.90 Å². The van der Waals surface area contributed by atoms with Crippen LogP contribution in [0.4, 0.5) is 4.79 Å². The summed E-state index contributed by atoms with van der Waals surface area (Å²) in [5.41, 5.74) is 1.02. The highest BCUT2D eigenvalue weighted by Gasteiger charge is 2.36. The highest BCUT2D eigenvalue weighted by molar-refractivity contribution is 6.35. The van der Waals surface area contributed by atoms with Crippen LogP contribution in [-0.2, 0) is 4.74 Å². The van der Waals surface area contributed by atoms with Crippen LogP contribution in [0.5, 0.6) is 0 Å². The number of hydrogen-bond acceptors (Lipinski definition) is 3. The van der Waals surface area contributed by atoms with Gasteiger partial charge in [-0.3, -0.25) is 0 Å². The monoisotopic (exact) mass is 456 g/mol. The fourth-order valence-electron chi connectivity index (χ4n) is 2.97. The van der Waals surface area contributed by atoms with E-state index in [2.05, 4.69) is 5.32 Å². The van der Waals surface area contributed by atoms with Crippen molar-refractivity contribution in [2.45, 2.75) is 31.6 Å². The number of carbonyl (C=O) groups excluding carboxylic acids is 1. The summed E-state index contributed by atoms with van der Waals surface area (Å²) in [5.74, 6) is 0. The van der Waals surface area contributed by atoms with Crippen molar-refractivity contribution in [1.29, 1.82) is 0 Å². The number of halogens is 3. The number of amides is 2. The molecule has 0 bridgehead atoms. The van der Waals surface area contributed by atoms with E-state index in [1.54, 1.807) is 43.0 Å². The topological polar surface area (TPSA) is 61.8 Å². The van der Waals surface area contributed by atoms with Crippen LogP contribution in [0.15, 0.2) is 42.5 Å². The Labute approximate surface area is 185 Å². The van der Waals surface area contributed by atoms with Gasteiger partial charge in [0.25, 0.3) is 0 Å². The molecule has 29 heavy (non-hydrogen) atoms. The third kappa shape index (κ3) is 5.56. The number of aliphatic hydroxyl groups excluding tert-OH is 1. The normalized spacial score (nSPS) is 15.7. The Morgan fingerprint density at radius 2 is 1.79 bits per heavy atom. The number of rotatable bonds is 6. The molecule has 2 aromatic rings. The molecule has 8 heteroatoms. The lowest BCUT2D eigenvalue weighted by Gasteiger charge is -2.42. The van der Waals surface area contributed by atoms with Gasteiger partial charge in [0.05, 0.1) is 31.3 Å². The smallest absolute Gasteiger partial charge is 0.318 e. The molecule has 1 fully saturated rings. The molecular formula is C21H23Cl3N2O3. The number of aliphatic hydroxyl groups is 1. The van der Waals surface area contributed by atoms with Crippen LogP contribution in [0.1, 0.15) is 31.1 Å². The Bertz CT molecular complexity index is 868. The lowest BCUT2D eigenvalue weighted by Crippen LogP contribution is -2.61. The number of likely N-dealkylation sites (tertiary alicyclic amines) is 1. The minimum Gasteiger partial charge on any atom is -0.394 e. The standard InChI is InChI=1S/C21H23Cl3N2O3/c1-21(2,12-27)25-20(28)26-10-16(11-26)29-19(13-3-5-14(22)6-4-13)17-8-7-15(23)9-18(17)24/h3-9,16,19,27H,10-12H2,1-2H3,(H,25,28).